The standard InChI is InChI=1S/C10H10BrN3S/c1-14-10(12-7-13-14)15-6-8-3-2-4-9(11)5-8/h2-5,7H,6H2,1H3. The molecule has 0 aliphatic heterocycles. The van der Waals surface area contributed by atoms with Gasteiger partial charge in [-0.15, -0.1) is 0 Å². The molecule has 0 radical (unpaired) electrons. The van der Waals surface area contributed by atoms with Crippen LogP contribution in [-0.4, -0.2) is 14.8 Å². The first kappa shape index (κ1) is 10.7. The third-order valence-corrected chi connectivity index (χ3v) is 3.53. The van der Waals surface area contributed by atoms with E-state index in [0.29, 0.717) is 0 Å². The molecule has 0 aliphatic carbocycles. The summed E-state index contributed by atoms with van der Waals surface area (Å²) in [5.41, 5.74) is 1.28. The average molecular weight is 284 g/mol. The first-order valence-electron chi connectivity index (χ1n) is 4.47. The number of hydrogen-bond donors (Lipinski definition) is 0. The highest BCUT2D eigenvalue weighted by atomic mass is 79.9. The fourth-order valence-electron chi connectivity index (χ4n) is 1.19. The topological polar surface area (TPSA) is 30.7 Å². The lowest BCUT2D eigenvalue weighted by atomic mass is 10.2. The minimum atomic E-state index is 0.909. The van der Waals surface area contributed by atoms with Crippen LogP contribution in [-0.2, 0) is 12.8 Å². The maximum absolute atomic E-state index is 4.16. The van der Waals surface area contributed by atoms with Crippen LogP contribution in [0.15, 0.2) is 40.2 Å². The van der Waals surface area contributed by atoms with Crippen LogP contribution in [0.1, 0.15) is 5.56 Å². The fourth-order valence-corrected chi connectivity index (χ4v) is 2.47. The van der Waals surface area contributed by atoms with Crippen LogP contribution >= 0.6 is 27.7 Å². The second-order valence-corrected chi connectivity index (χ2v) is 4.94. The van der Waals surface area contributed by atoms with E-state index in [1.54, 1.807) is 22.8 Å². The molecule has 0 N–H and O–H groups in total. The Balaban J connectivity index is 2.02. The quantitative estimate of drug-likeness (QED) is 0.812. The van der Waals surface area contributed by atoms with Crippen LogP contribution in [0.3, 0.4) is 0 Å². The predicted octanol–water partition coefficient (Wildman–Crippen LogP) is 2.87. The lowest BCUT2D eigenvalue weighted by molar-refractivity contribution is 0.685. The maximum Gasteiger partial charge on any atom is 0.186 e. The van der Waals surface area contributed by atoms with E-state index >= 15 is 0 Å². The van der Waals surface area contributed by atoms with Crippen molar-refractivity contribution in [2.24, 2.45) is 7.05 Å². The SMILES string of the molecule is Cn1ncnc1SCc1cccc(Br)c1. The van der Waals surface area contributed by atoms with Crippen molar-refractivity contribution in [3.63, 3.8) is 0 Å². The van der Waals surface area contributed by atoms with E-state index in [1.165, 1.54) is 5.56 Å². The minimum absolute atomic E-state index is 0.909. The van der Waals surface area contributed by atoms with E-state index < -0.39 is 0 Å². The van der Waals surface area contributed by atoms with Crippen molar-refractivity contribution in [2.45, 2.75) is 10.9 Å². The summed E-state index contributed by atoms with van der Waals surface area (Å²) >= 11 is 5.14. The lowest BCUT2D eigenvalue weighted by Gasteiger charge is -2.01. The third-order valence-electron chi connectivity index (χ3n) is 1.93. The maximum atomic E-state index is 4.16. The molecule has 0 bridgehead atoms. The van der Waals surface area contributed by atoms with Crippen LogP contribution in [0.5, 0.6) is 0 Å². The van der Waals surface area contributed by atoms with Crippen molar-refractivity contribution < 1.29 is 0 Å². The Kier molecular flexibility index (Phi) is 3.43. The second kappa shape index (κ2) is 4.81. The molecular formula is C10H10BrN3S. The highest BCUT2D eigenvalue weighted by molar-refractivity contribution is 9.10. The van der Waals surface area contributed by atoms with Crippen molar-refractivity contribution >= 4 is 27.7 Å². The number of rotatable bonds is 3. The molecule has 0 aliphatic rings. The Morgan fingerprint density at radius 2 is 2.33 bits per heavy atom. The largest absolute Gasteiger partial charge is 0.244 e. The van der Waals surface area contributed by atoms with Gasteiger partial charge in [0.1, 0.15) is 6.33 Å². The van der Waals surface area contributed by atoms with Gasteiger partial charge in [0.15, 0.2) is 5.16 Å². The van der Waals surface area contributed by atoms with Crippen LogP contribution in [0.2, 0.25) is 0 Å². The molecule has 1 aromatic carbocycles. The molecule has 0 saturated heterocycles. The van der Waals surface area contributed by atoms with Gasteiger partial charge in [-0.25, -0.2) is 9.67 Å². The molecular weight excluding hydrogens is 274 g/mol. The molecule has 1 aromatic heterocycles. The smallest absolute Gasteiger partial charge is 0.186 e. The second-order valence-electron chi connectivity index (χ2n) is 3.08. The Labute approximate surface area is 101 Å². The number of thioether (sulfide) groups is 1. The minimum Gasteiger partial charge on any atom is -0.244 e. The Morgan fingerprint density at radius 3 is 3.00 bits per heavy atom. The van der Waals surface area contributed by atoms with Gasteiger partial charge in [-0.3, -0.25) is 0 Å². The number of hydrogen-bond acceptors (Lipinski definition) is 3. The molecule has 15 heavy (non-hydrogen) atoms. The Hall–Kier alpha value is -0.810. The molecule has 78 valence electrons. The van der Waals surface area contributed by atoms with Crippen LogP contribution < -0.4 is 0 Å². The number of nitrogens with zero attached hydrogens (tertiary/aromatic N) is 3. The van der Waals surface area contributed by atoms with E-state index in [-0.39, 0.29) is 0 Å². The van der Waals surface area contributed by atoms with Gasteiger partial charge in [-0.2, -0.15) is 5.10 Å². The normalized spacial score (nSPS) is 10.5. The molecule has 0 unspecified atom stereocenters. The van der Waals surface area contributed by atoms with Crippen molar-refractivity contribution in [3.8, 4) is 0 Å². The molecule has 0 amide bonds. The van der Waals surface area contributed by atoms with Gasteiger partial charge < -0.3 is 0 Å². The zero-order valence-electron chi connectivity index (χ0n) is 8.22. The molecule has 5 heteroatoms. The zero-order chi connectivity index (χ0) is 10.7. The number of aryl methyl sites for hydroxylation is 1. The van der Waals surface area contributed by atoms with E-state index in [4.69, 9.17) is 0 Å². The number of benzene rings is 1. The molecule has 2 rings (SSSR count). The van der Waals surface area contributed by atoms with Gasteiger partial charge in [-0.1, -0.05) is 39.8 Å². The van der Waals surface area contributed by atoms with Crippen LogP contribution in [0.4, 0.5) is 0 Å². The van der Waals surface area contributed by atoms with E-state index in [0.717, 1.165) is 15.4 Å². The summed E-state index contributed by atoms with van der Waals surface area (Å²) < 4.78 is 2.89. The molecule has 0 fully saturated rings. The number of aromatic nitrogens is 3. The van der Waals surface area contributed by atoms with Gasteiger partial charge >= 0.3 is 0 Å². The molecule has 1 heterocycles. The third kappa shape index (κ3) is 2.82. The van der Waals surface area contributed by atoms with E-state index in [9.17, 15) is 0 Å². The Morgan fingerprint density at radius 1 is 1.47 bits per heavy atom. The highest BCUT2D eigenvalue weighted by Gasteiger charge is 2.01. The molecule has 3 nitrogen and oxygen atoms in total. The van der Waals surface area contributed by atoms with Crippen LogP contribution in [0.25, 0.3) is 0 Å². The number of halogens is 1. The van der Waals surface area contributed by atoms with E-state index in [2.05, 4.69) is 38.1 Å². The lowest BCUT2D eigenvalue weighted by Crippen LogP contribution is -1.93. The van der Waals surface area contributed by atoms with Gasteiger partial charge in [0.2, 0.25) is 0 Å². The van der Waals surface area contributed by atoms with Gasteiger partial charge in [0, 0.05) is 17.3 Å². The van der Waals surface area contributed by atoms with Crippen molar-refractivity contribution in [1.29, 1.82) is 0 Å². The van der Waals surface area contributed by atoms with Crippen LogP contribution in [0, 0.1) is 0 Å². The average Bonchev–Trinajstić information content (AvgIpc) is 2.61. The van der Waals surface area contributed by atoms with Crippen molar-refractivity contribution in [3.05, 3.63) is 40.6 Å². The van der Waals surface area contributed by atoms with E-state index in [1.807, 2.05) is 19.2 Å². The summed E-state index contributed by atoms with van der Waals surface area (Å²) in [6.07, 6.45) is 1.57. The van der Waals surface area contributed by atoms with Gasteiger partial charge in [-0.05, 0) is 17.7 Å². The predicted molar refractivity (Wildman–Crippen MR) is 64.7 cm³/mol. The molecule has 0 spiro atoms. The molecule has 2 aromatic rings. The monoisotopic (exact) mass is 283 g/mol. The summed E-state index contributed by atoms with van der Waals surface area (Å²) in [5.74, 6) is 0.909. The first-order chi connectivity index (χ1) is 7.25. The Bertz CT molecular complexity index is 455. The molecule has 0 atom stereocenters. The van der Waals surface area contributed by atoms with Crippen molar-refractivity contribution in [1.82, 2.24) is 14.8 Å². The van der Waals surface area contributed by atoms with Gasteiger partial charge in [0.05, 0.1) is 0 Å². The zero-order valence-corrected chi connectivity index (χ0v) is 10.6. The fraction of sp³-hybridized carbons (Fsp3) is 0.200. The molecule has 0 saturated carbocycles. The summed E-state index contributed by atoms with van der Waals surface area (Å²) in [7, 11) is 1.90. The highest BCUT2D eigenvalue weighted by Crippen LogP contribution is 2.21. The summed E-state index contributed by atoms with van der Waals surface area (Å²) in [6, 6.07) is 8.28. The first-order valence-corrected chi connectivity index (χ1v) is 6.25. The summed E-state index contributed by atoms with van der Waals surface area (Å²) in [4.78, 5) is 4.16. The summed E-state index contributed by atoms with van der Waals surface area (Å²) in [5, 5.41) is 4.96. The van der Waals surface area contributed by atoms with Gasteiger partial charge in [0.25, 0.3) is 0 Å². The van der Waals surface area contributed by atoms with Crippen molar-refractivity contribution in [2.75, 3.05) is 0 Å². The summed E-state index contributed by atoms with van der Waals surface area (Å²) in [6.45, 7) is 0.